The quantitative estimate of drug-likeness (QED) is 0.882. The Kier molecular flexibility index (Phi) is 5.15. The first-order chi connectivity index (χ1) is 9.48. The van der Waals surface area contributed by atoms with Gasteiger partial charge in [0.05, 0.1) is 28.8 Å². The molecule has 0 aliphatic rings. The van der Waals surface area contributed by atoms with E-state index in [2.05, 4.69) is 4.98 Å². The molecule has 0 spiro atoms. The molecular formula is C13H14ClNO3S2. The lowest BCUT2D eigenvalue weighted by Crippen LogP contribution is -2.12. The van der Waals surface area contributed by atoms with E-state index in [0.717, 1.165) is 10.6 Å². The molecule has 1 aromatic carbocycles. The van der Waals surface area contributed by atoms with Crippen molar-refractivity contribution in [2.45, 2.75) is 12.2 Å². The third-order valence-electron chi connectivity index (χ3n) is 2.64. The Morgan fingerprint density at radius 3 is 2.60 bits per heavy atom. The molecule has 0 aliphatic carbocycles. The van der Waals surface area contributed by atoms with Crippen molar-refractivity contribution in [2.75, 3.05) is 12.4 Å². The maximum atomic E-state index is 11.6. The van der Waals surface area contributed by atoms with Crippen LogP contribution in [0.4, 0.5) is 0 Å². The highest BCUT2D eigenvalue weighted by Crippen LogP contribution is 2.18. The Hall–Kier alpha value is -0.950. The highest BCUT2D eigenvalue weighted by Gasteiger charge is 2.14. The first-order valence-corrected chi connectivity index (χ1v) is 9.05. The standard InChI is InChI=1S/C13H14ClNO3S2/c14-11-3-1-10(2-4-11)7-13-15-12(8-19-13)9-20(17,18)6-5-16/h1-4,8,16H,5-7,9H2. The molecule has 0 radical (unpaired) electrons. The molecule has 2 rings (SSSR count). The van der Waals surface area contributed by atoms with E-state index in [1.807, 2.05) is 24.3 Å². The molecule has 1 heterocycles. The van der Waals surface area contributed by atoms with Crippen LogP contribution in [0, 0.1) is 0 Å². The van der Waals surface area contributed by atoms with Crippen LogP contribution < -0.4 is 0 Å². The van der Waals surface area contributed by atoms with Gasteiger partial charge in [-0.05, 0) is 17.7 Å². The van der Waals surface area contributed by atoms with Crippen LogP contribution in [0.2, 0.25) is 5.02 Å². The number of nitrogens with zero attached hydrogens (tertiary/aromatic N) is 1. The van der Waals surface area contributed by atoms with Crippen molar-refractivity contribution >= 4 is 32.8 Å². The average Bonchev–Trinajstić information content (AvgIpc) is 2.78. The van der Waals surface area contributed by atoms with Gasteiger partial charge < -0.3 is 5.11 Å². The van der Waals surface area contributed by atoms with Gasteiger partial charge in [0.15, 0.2) is 9.84 Å². The molecule has 0 saturated carbocycles. The fraction of sp³-hybridized carbons (Fsp3) is 0.308. The minimum atomic E-state index is -3.27. The molecule has 1 aromatic heterocycles. The van der Waals surface area contributed by atoms with Gasteiger partial charge in [-0.25, -0.2) is 13.4 Å². The maximum Gasteiger partial charge on any atom is 0.158 e. The minimum absolute atomic E-state index is 0.120. The number of aliphatic hydroxyl groups is 1. The molecule has 2 aromatic rings. The van der Waals surface area contributed by atoms with Crippen molar-refractivity contribution in [1.29, 1.82) is 0 Å². The van der Waals surface area contributed by atoms with Gasteiger partial charge in [0, 0.05) is 16.8 Å². The molecule has 0 amide bonds. The van der Waals surface area contributed by atoms with E-state index in [0.29, 0.717) is 17.1 Å². The normalized spacial score (nSPS) is 11.7. The monoisotopic (exact) mass is 331 g/mol. The Balaban J connectivity index is 2.04. The van der Waals surface area contributed by atoms with Crippen LogP contribution in [-0.4, -0.2) is 30.9 Å². The third kappa shape index (κ3) is 4.56. The molecule has 0 saturated heterocycles. The van der Waals surface area contributed by atoms with Crippen LogP contribution in [0.1, 0.15) is 16.3 Å². The number of hydrogen-bond acceptors (Lipinski definition) is 5. The van der Waals surface area contributed by atoms with Gasteiger partial charge in [-0.1, -0.05) is 23.7 Å². The summed E-state index contributed by atoms with van der Waals surface area (Å²) < 4.78 is 23.2. The van der Waals surface area contributed by atoms with Crippen LogP contribution in [0.5, 0.6) is 0 Å². The summed E-state index contributed by atoms with van der Waals surface area (Å²) in [6.07, 6.45) is 0.655. The second kappa shape index (κ2) is 6.67. The Morgan fingerprint density at radius 2 is 1.95 bits per heavy atom. The number of hydrogen-bond donors (Lipinski definition) is 1. The number of aromatic nitrogens is 1. The smallest absolute Gasteiger partial charge is 0.158 e. The first kappa shape index (κ1) is 15.4. The van der Waals surface area contributed by atoms with Gasteiger partial charge in [-0.15, -0.1) is 11.3 Å². The van der Waals surface area contributed by atoms with E-state index in [-0.39, 0.29) is 18.1 Å². The summed E-state index contributed by atoms with van der Waals surface area (Å²) >= 11 is 7.26. The van der Waals surface area contributed by atoms with Crippen molar-refractivity contribution in [3.05, 3.63) is 50.9 Å². The van der Waals surface area contributed by atoms with E-state index in [9.17, 15) is 8.42 Å². The number of benzene rings is 1. The molecule has 20 heavy (non-hydrogen) atoms. The summed E-state index contributed by atoms with van der Waals surface area (Å²) in [5, 5.41) is 12.0. The molecule has 0 unspecified atom stereocenters. The largest absolute Gasteiger partial charge is 0.395 e. The van der Waals surface area contributed by atoms with Crippen molar-refractivity contribution in [2.24, 2.45) is 0 Å². The zero-order chi connectivity index (χ0) is 14.6. The van der Waals surface area contributed by atoms with Crippen molar-refractivity contribution < 1.29 is 13.5 Å². The fourth-order valence-corrected chi connectivity index (χ4v) is 3.79. The van der Waals surface area contributed by atoms with Crippen LogP contribution in [0.25, 0.3) is 0 Å². The summed E-state index contributed by atoms with van der Waals surface area (Å²) in [7, 11) is -3.27. The molecule has 108 valence electrons. The summed E-state index contributed by atoms with van der Waals surface area (Å²) in [5.74, 6) is -0.346. The lowest BCUT2D eigenvalue weighted by Gasteiger charge is -1.99. The summed E-state index contributed by atoms with van der Waals surface area (Å²) in [4.78, 5) is 4.32. The minimum Gasteiger partial charge on any atom is -0.395 e. The van der Waals surface area contributed by atoms with Crippen LogP contribution in [0.15, 0.2) is 29.6 Å². The summed E-state index contributed by atoms with van der Waals surface area (Å²) in [6, 6.07) is 7.48. The number of rotatable bonds is 6. The lowest BCUT2D eigenvalue weighted by molar-refractivity contribution is 0.319. The summed E-state index contributed by atoms with van der Waals surface area (Å²) in [6.45, 7) is -0.357. The average molecular weight is 332 g/mol. The molecule has 1 N–H and O–H groups in total. The highest BCUT2D eigenvalue weighted by molar-refractivity contribution is 7.90. The first-order valence-electron chi connectivity index (χ1n) is 5.97. The zero-order valence-corrected chi connectivity index (χ0v) is 13.0. The van der Waals surface area contributed by atoms with Crippen molar-refractivity contribution in [1.82, 2.24) is 4.98 Å². The molecule has 7 heteroatoms. The lowest BCUT2D eigenvalue weighted by atomic mass is 10.2. The zero-order valence-electron chi connectivity index (χ0n) is 10.6. The van der Waals surface area contributed by atoms with Crippen molar-refractivity contribution in [3.63, 3.8) is 0 Å². The van der Waals surface area contributed by atoms with Gasteiger partial charge in [0.25, 0.3) is 0 Å². The van der Waals surface area contributed by atoms with Crippen LogP contribution >= 0.6 is 22.9 Å². The summed E-state index contributed by atoms with van der Waals surface area (Å²) in [5.41, 5.74) is 1.61. The molecular weight excluding hydrogens is 318 g/mol. The molecule has 0 bridgehead atoms. The topological polar surface area (TPSA) is 67.3 Å². The number of sulfone groups is 1. The second-order valence-electron chi connectivity index (χ2n) is 4.35. The van der Waals surface area contributed by atoms with E-state index < -0.39 is 9.84 Å². The van der Waals surface area contributed by atoms with E-state index in [1.165, 1.54) is 11.3 Å². The molecule has 0 fully saturated rings. The number of aliphatic hydroxyl groups excluding tert-OH is 1. The number of thiazole rings is 1. The predicted molar refractivity (Wildman–Crippen MR) is 80.9 cm³/mol. The highest BCUT2D eigenvalue weighted by atomic mass is 35.5. The Morgan fingerprint density at radius 1 is 1.25 bits per heavy atom. The van der Waals surface area contributed by atoms with Gasteiger partial charge in [0.2, 0.25) is 0 Å². The SMILES string of the molecule is O=S(=O)(CCO)Cc1csc(Cc2ccc(Cl)cc2)n1. The van der Waals surface area contributed by atoms with Gasteiger partial charge in [0.1, 0.15) is 0 Å². The second-order valence-corrected chi connectivity index (χ2v) is 7.91. The number of halogens is 1. The fourth-order valence-electron chi connectivity index (χ4n) is 1.71. The maximum absolute atomic E-state index is 11.6. The Labute approximate surface area is 127 Å². The van der Waals surface area contributed by atoms with Crippen LogP contribution in [0.3, 0.4) is 0 Å². The predicted octanol–water partition coefficient (Wildman–Crippen LogP) is 2.29. The molecule has 4 nitrogen and oxygen atoms in total. The van der Waals surface area contributed by atoms with E-state index in [4.69, 9.17) is 16.7 Å². The Bertz CT molecular complexity index is 665. The molecule has 0 atom stereocenters. The van der Waals surface area contributed by atoms with Gasteiger partial charge >= 0.3 is 0 Å². The molecule has 0 aliphatic heterocycles. The third-order valence-corrected chi connectivity index (χ3v) is 5.33. The van der Waals surface area contributed by atoms with Gasteiger partial charge in [-0.2, -0.15) is 0 Å². The van der Waals surface area contributed by atoms with Crippen molar-refractivity contribution in [3.8, 4) is 0 Å². The van der Waals surface area contributed by atoms with Gasteiger partial charge in [-0.3, -0.25) is 0 Å². The van der Waals surface area contributed by atoms with E-state index >= 15 is 0 Å². The van der Waals surface area contributed by atoms with Crippen LogP contribution in [-0.2, 0) is 22.0 Å². The van der Waals surface area contributed by atoms with E-state index in [1.54, 1.807) is 5.38 Å².